The van der Waals surface area contributed by atoms with Crippen LogP contribution in [0.25, 0.3) is 0 Å². The summed E-state index contributed by atoms with van der Waals surface area (Å²) in [6.07, 6.45) is 3.95. The Bertz CT molecular complexity index is 133. The number of nitrogens with one attached hydrogen (secondary N) is 1. The molecule has 0 aliphatic rings. The van der Waals surface area contributed by atoms with Crippen molar-refractivity contribution < 1.29 is 4.74 Å². The molecule has 0 radical (unpaired) electrons. The van der Waals surface area contributed by atoms with E-state index in [0.29, 0.717) is 0 Å². The fraction of sp³-hybridized carbons (Fsp3) is 0.818. The van der Waals surface area contributed by atoms with Crippen LogP contribution in [0.3, 0.4) is 0 Å². The highest BCUT2D eigenvalue weighted by atomic mass is 16.5. The molecule has 0 aliphatic carbocycles. The molecule has 1 unspecified atom stereocenters. The molecule has 0 saturated carbocycles. The maximum atomic E-state index is 5.61. The number of ether oxygens (including phenoxy) is 1. The van der Waals surface area contributed by atoms with Crippen molar-refractivity contribution in [2.75, 3.05) is 13.7 Å². The fourth-order valence-electron chi connectivity index (χ4n) is 1.81. The van der Waals surface area contributed by atoms with E-state index in [4.69, 9.17) is 4.74 Å². The molecule has 0 fully saturated rings. The zero-order chi connectivity index (χ0) is 10.3. The van der Waals surface area contributed by atoms with Gasteiger partial charge in [0.2, 0.25) is 0 Å². The second-order valence-electron chi connectivity index (χ2n) is 3.25. The summed E-state index contributed by atoms with van der Waals surface area (Å²) in [6, 6.07) is 0.248. The van der Waals surface area contributed by atoms with Gasteiger partial charge < -0.3 is 10.1 Å². The minimum absolute atomic E-state index is 0.0856. The van der Waals surface area contributed by atoms with E-state index < -0.39 is 0 Å². The standard InChI is InChI=1S/C11H23NO/c1-6-10(12-9-4)11(7-2,8-3)13-5/h6,10,12H,1,7-9H2,2-5H3. The number of hydrogen-bond acceptors (Lipinski definition) is 2. The normalized spacial score (nSPS) is 14.2. The van der Waals surface area contributed by atoms with Gasteiger partial charge in [-0.2, -0.15) is 0 Å². The predicted octanol–water partition coefficient (Wildman–Crippen LogP) is 2.36. The van der Waals surface area contributed by atoms with E-state index in [1.165, 1.54) is 0 Å². The molecule has 0 bridgehead atoms. The van der Waals surface area contributed by atoms with Gasteiger partial charge in [0, 0.05) is 7.11 Å². The monoisotopic (exact) mass is 185 g/mol. The number of likely N-dealkylation sites (N-methyl/N-ethyl adjacent to an activating group) is 1. The van der Waals surface area contributed by atoms with E-state index in [0.717, 1.165) is 19.4 Å². The van der Waals surface area contributed by atoms with Gasteiger partial charge in [0.15, 0.2) is 0 Å². The molecule has 0 heterocycles. The molecule has 13 heavy (non-hydrogen) atoms. The lowest BCUT2D eigenvalue weighted by atomic mass is 9.88. The Balaban J connectivity index is 4.54. The third kappa shape index (κ3) is 2.82. The minimum Gasteiger partial charge on any atom is -0.376 e. The SMILES string of the molecule is C=CC(NCC)C(CC)(CC)OC. The van der Waals surface area contributed by atoms with Gasteiger partial charge >= 0.3 is 0 Å². The van der Waals surface area contributed by atoms with E-state index >= 15 is 0 Å². The first-order valence-electron chi connectivity index (χ1n) is 5.11. The Labute approximate surface area is 82.4 Å². The molecule has 78 valence electrons. The number of hydrogen-bond donors (Lipinski definition) is 1. The summed E-state index contributed by atoms with van der Waals surface area (Å²) in [7, 11) is 1.78. The van der Waals surface area contributed by atoms with Crippen molar-refractivity contribution in [2.45, 2.75) is 45.3 Å². The molecule has 0 spiro atoms. The molecule has 1 N–H and O–H groups in total. The highest BCUT2D eigenvalue weighted by Crippen LogP contribution is 2.24. The second-order valence-corrected chi connectivity index (χ2v) is 3.25. The van der Waals surface area contributed by atoms with Crippen LogP contribution in [0.4, 0.5) is 0 Å². The van der Waals surface area contributed by atoms with Gasteiger partial charge in [-0.1, -0.05) is 26.8 Å². The molecule has 0 aromatic carbocycles. The Morgan fingerprint density at radius 1 is 1.38 bits per heavy atom. The molecule has 1 atom stereocenters. The summed E-state index contributed by atoms with van der Waals surface area (Å²) >= 11 is 0. The summed E-state index contributed by atoms with van der Waals surface area (Å²) in [4.78, 5) is 0. The van der Waals surface area contributed by atoms with Crippen molar-refractivity contribution >= 4 is 0 Å². The summed E-state index contributed by atoms with van der Waals surface area (Å²) in [6.45, 7) is 11.2. The zero-order valence-corrected chi connectivity index (χ0v) is 9.39. The number of rotatable bonds is 7. The summed E-state index contributed by atoms with van der Waals surface area (Å²) in [5.41, 5.74) is -0.0856. The van der Waals surface area contributed by atoms with Crippen LogP contribution >= 0.6 is 0 Å². The summed E-state index contributed by atoms with van der Waals surface area (Å²) < 4.78 is 5.61. The van der Waals surface area contributed by atoms with Crippen molar-refractivity contribution in [1.29, 1.82) is 0 Å². The van der Waals surface area contributed by atoms with Gasteiger partial charge in [-0.3, -0.25) is 0 Å². The van der Waals surface area contributed by atoms with E-state index in [2.05, 4.69) is 32.7 Å². The van der Waals surface area contributed by atoms with Gasteiger partial charge in [0.05, 0.1) is 11.6 Å². The topological polar surface area (TPSA) is 21.3 Å². The Kier molecular flexibility index (Phi) is 6.00. The number of methoxy groups -OCH3 is 1. The Hall–Kier alpha value is -0.340. The molecular weight excluding hydrogens is 162 g/mol. The lowest BCUT2D eigenvalue weighted by molar-refractivity contribution is -0.0347. The van der Waals surface area contributed by atoms with Crippen LogP contribution in [-0.2, 0) is 4.74 Å². The highest BCUT2D eigenvalue weighted by Gasteiger charge is 2.32. The van der Waals surface area contributed by atoms with E-state index in [1.54, 1.807) is 7.11 Å². The first-order valence-corrected chi connectivity index (χ1v) is 5.11. The third-order valence-electron chi connectivity index (χ3n) is 2.83. The molecule has 0 aliphatic heterocycles. The average molecular weight is 185 g/mol. The molecule has 0 rings (SSSR count). The molecule has 0 amide bonds. The van der Waals surface area contributed by atoms with Crippen LogP contribution in [0.2, 0.25) is 0 Å². The van der Waals surface area contributed by atoms with Gasteiger partial charge in [-0.25, -0.2) is 0 Å². The van der Waals surface area contributed by atoms with Crippen molar-refractivity contribution in [2.24, 2.45) is 0 Å². The van der Waals surface area contributed by atoms with E-state index in [-0.39, 0.29) is 11.6 Å². The largest absolute Gasteiger partial charge is 0.376 e. The van der Waals surface area contributed by atoms with Crippen LogP contribution in [-0.4, -0.2) is 25.3 Å². The predicted molar refractivity (Wildman–Crippen MR) is 58.0 cm³/mol. The van der Waals surface area contributed by atoms with Crippen LogP contribution in [0.15, 0.2) is 12.7 Å². The van der Waals surface area contributed by atoms with E-state index in [9.17, 15) is 0 Å². The van der Waals surface area contributed by atoms with Gasteiger partial charge in [0.25, 0.3) is 0 Å². The van der Waals surface area contributed by atoms with E-state index in [1.807, 2.05) is 6.08 Å². The Morgan fingerprint density at radius 3 is 2.15 bits per heavy atom. The van der Waals surface area contributed by atoms with Crippen molar-refractivity contribution in [3.63, 3.8) is 0 Å². The maximum absolute atomic E-state index is 5.61. The lowest BCUT2D eigenvalue weighted by Crippen LogP contribution is -2.50. The maximum Gasteiger partial charge on any atom is 0.0861 e. The molecular formula is C11H23NO. The first-order chi connectivity index (χ1) is 6.20. The van der Waals surface area contributed by atoms with Crippen LogP contribution < -0.4 is 5.32 Å². The fourth-order valence-corrected chi connectivity index (χ4v) is 1.81. The van der Waals surface area contributed by atoms with Crippen molar-refractivity contribution in [3.8, 4) is 0 Å². The molecule has 0 saturated heterocycles. The lowest BCUT2D eigenvalue weighted by Gasteiger charge is -2.37. The molecule has 2 heteroatoms. The molecule has 0 aromatic rings. The summed E-state index contributed by atoms with van der Waals surface area (Å²) in [5, 5.41) is 3.38. The minimum atomic E-state index is -0.0856. The molecule has 2 nitrogen and oxygen atoms in total. The first kappa shape index (κ1) is 12.7. The van der Waals surface area contributed by atoms with Crippen molar-refractivity contribution in [1.82, 2.24) is 5.32 Å². The quantitative estimate of drug-likeness (QED) is 0.615. The second kappa shape index (κ2) is 6.17. The zero-order valence-electron chi connectivity index (χ0n) is 9.39. The van der Waals surface area contributed by atoms with Gasteiger partial charge in [0.1, 0.15) is 0 Å². The highest BCUT2D eigenvalue weighted by molar-refractivity contribution is 5.01. The third-order valence-corrected chi connectivity index (χ3v) is 2.83. The van der Waals surface area contributed by atoms with Crippen LogP contribution in [0.5, 0.6) is 0 Å². The van der Waals surface area contributed by atoms with Crippen molar-refractivity contribution in [3.05, 3.63) is 12.7 Å². The van der Waals surface area contributed by atoms with Crippen LogP contribution in [0.1, 0.15) is 33.6 Å². The van der Waals surface area contributed by atoms with Gasteiger partial charge in [-0.05, 0) is 19.4 Å². The smallest absolute Gasteiger partial charge is 0.0861 e. The molecule has 0 aromatic heterocycles. The average Bonchev–Trinajstić information content (AvgIpc) is 2.19. The van der Waals surface area contributed by atoms with Crippen LogP contribution in [0, 0.1) is 0 Å². The van der Waals surface area contributed by atoms with Gasteiger partial charge in [-0.15, -0.1) is 6.58 Å². The Morgan fingerprint density at radius 2 is 1.92 bits per heavy atom. The summed E-state index contributed by atoms with van der Waals surface area (Å²) in [5.74, 6) is 0.